The molecule has 10 heavy (non-hydrogen) atoms. The number of esters is 1. The number of methoxy groups -OCH3 is 1. The van der Waals surface area contributed by atoms with Crippen molar-refractivity contribution in [3.8, 4) is 0 Å². The van der Waals surface area contributed by atoms with Crippen molar-refractivity contribution in [2.75, 3.05) is 7.11 Å². The molecule has 2 nitrogen and oxygen atoms in total. The van der Waals surface area contributed by atoms with Crippen LogP contribution in [0.4, 0.5) is 0 Å². The largest absolute Gasteiger partial charge is 0.469 e. The molecule has 0 aliphatic carbocycles. The molecule has 0 aromatic rings. The number of carbonyl (C=O) groups excluding carboxylic acids is 1. The third-order valence-corrected chi connectivity index (χ3v) is 0.604. The van der Waals surface area contributed by atoms with E-state index in [0.29, 0.717) is 0 Å². The molecule has 0 aromatic carbocycles. The molecule has 0 saturated carbocycles. The molecule has 57 valence electrons. The smallest absolute Gasteiger partial charge is 0.308 e. The van der Waals surface area contributed by atoms with Crippen LogP contribution in [0, 0.1) is 12.8 Å². The van der Waals surface area contributed by atoms with Gasteiger partial charge in [0.05, 0.1) is 13.0 Å². The number of rotatable bonds is 1. The van der Waals surface area contributed by atoms with E-state index in [9.17, 15) is 4.79 Å². The number of halogens is 2. The van der Waals surface area contributed by atoms with Gasteiger partial charge in [0.15, 0.2) is 0 Å². The molecule has 1 radical (unpaired) electrons. The van der Waals surface area contributed by atoms with Crippen LogP contribution in [0.25, 0.3) is 0 Å². The van der Waals surface area contributed by atoms with Crippen LogP contribution in [0.2, 0.25) is 0 Å². The van der Waals surface area contributed by atoms with Crippen LogP contribution in [0.5, 0.6) is 0 Å². The maximum atomic E-state index is 10.2. The van der Waals surface area contributed by atoms with Gasteiger partial charge in [0.2, 0.25) is 0 Å². The third kappa shape index (κ3) is 11.8. The number of ether oxygens (including phenoxy) is 1. The number of carbonyl (C=O) groups is 1. The zero-order valence-electron chi connectivity index (χ0n) is 6.06. The van der Waals surface area contributed by atoms with Crippen LogP contribution in [0.1, 0.15) is 6.92 Å². The summed E-state index contributed by atoms with van der Waals surface area (Å²) in [6.07, 6.45) is 0. The second kappa shape index (κ2) is 10.1. The fourth-order valence-corrected chi connectivity index (χ4v) is 0.201. The molecule has 0 saturated heterocycles. The fourth-order valence-electron chi connectivity index (χ4n) is 0.201. The average Bonchev–Trinajstić information content (AvgIpc) is 1.88. The monoisotopic (exact) mass is 323 g/mol. The third-order valence-electron chi connectivity index (χ3n) is 0.604. The van der Waals surface area contributed by atoms with E-state index >= 15 is 0 Å². The Hall–Kier alpha value is 1.05. The van der Waals surface area contributed by atoms with Crippen molar-refractivity contribution in [1.82, 2.24) is 0 Å². The van der Waals surface area contributed by atoms with Crippen molar-refractivity contribution in [2.45, 2.75) is 6.92 Å². The van der Waals surface area contributed by atoms with Crippen LogP contribution in [0.3, 0.4) is 0 Å². The van der Waals surface area contributed by atoms with Gasteiger partial charge in [0, 0.05) is 0 Å². The van der Waals surface area contributed by atoms with Crippen molar-refractivity contribution in [3.63, 3.8) is 0 Å². The van der Waals surface area contributed by atoms with Gasteiger partial charge in [-0.3, -0.25) is 4.79 Å². The molecule has 0 aliphatic rings. The molecule has 0 bridgehead atoms. The van der Waals surface area contributed by atoms with Gasteiger partial charge >= 0.3 is 46.4 Å². The summed E-state index contributed by atoms with van der Waals surface area (Å²) >= 11 is 6.25. The Morgan fingerprint density at radius 1 is 1.70 bits per heavy atom. The summed E-state index contributed by atoms with van der Waals surface area (Å²) in [6, 6.07) is 0. The van der Waals surface area contributed by atoms with E-state index in [0.717, 1.165) is 0 Å². The van der Waals surface area contributed by atoms with Crippen molar-refractivity contribution in [2.24, 2.45) is 5.92 Å². The predicted octanol–water partition coefficient (Wildman–Crippen LogP) is 2.32. The van der Waals surface area contributed by atoms with E-state index in [2.05, 4.69) is 38.9 Å². The molecule has 1 unspecified atom stereocenters. The fraction of sp³-hybridized carbons (Fsp3) is 0.600. The molecule has 0 aliphatic heterocycles. The first-order valence-corrected chi connectivity index (χ1v) is 16.5. The van der Waals surface area contributed by atoms with Crippen molar-refractivity contribution in [3.05, 3.63) is 6.92 Å². The summed E-state index contributed by atoms with van der Waals surface area (Å²) in [5, 5.41) is 0. The normalized spacial score (nSPS) is 7.40. The van der Waals surface area contributed by atoms with Gasteiger partial charge in [-0.05, 0) is 6.92 Å². The molecule has 0 rings (SSSR count). The predicted molar refractivity (Wildman–Crippen MR) is 44.4 cm³/mol. The van der Waals surface area contributed by atoms with Crippen LogP contribution in [-0.4, -0.2) is 13.1 Å². The minimum atomic E-state index is -0.264. The SMILES string of the molecule is [Br][Zn][Br].[CH2]C(C)C(=O)OC. The van der Waals surface area contributed by atoms with E-state index in [1.54, 1.807) is 6.92 Å². The van der Waals surface area contributed by atoms with Gasteiger partial charge in [-0.1, -0.05) is 6.92 Å². The molecular weight excluding hydrogens is 317 g/mol. The Morgan fingerprint density at radius 3 is 2.00 bits per heavy atom. The van der Waals surface area contributed by atoms with Gasteiger partial charge in [0.1, 0.15) is 0 Å². The minimum Gasteiger partial charge on any atom is -0.469 e. The van der Waals surface area contributed by atoms with Crippen LogP contribution in [0.15, 0.2) is 0 Å². The van der Waals surface area contributed by atoms with Crippen LogP contribution < -0.4 is 0 Å². The summed E-state index contributed by atoms with van der Waals surface area (Å²) in [5.41, 5.74) is 0. The Bertz CT molecular complexity index is 87.7. The van der Waals surface area contributed by atoms with E-state index in [1.807, 2.05) is 0 Å². The summed E-state index contributed by atoms with van der Waals surface area (Å²) in [4.78, 5) is 10.2. The molecule has 0 spiro atoms. The first kappa shape index (κ1) is 13.6. The quantitative estimate of drug-likeness (QED) is 0.546. The van der Waals surface area contributed by atoms with Gasteiger partial charge < -0.3 is 4.74 Å². The Balaban J connectivity index is 0. The first-order valence-electron chi connectivity index (χ1n) is 2.63. The Morgan fingerprint density at radius 2 is 2.00 bits per heavy atom. The topological polar surface area (TPSA) is 26.3 Å². The molecule has 1 atom stereocenters. The zero-order chi connectivity index (χ0) is 8.57. The van der Waals surface area contributed by atoms with Crippen molar-refractivity contribution >= 4 is 33.2 Å². The van der Waals surface area contributed by atoms with Crippen molar-refractivity contribution < 1.29 is 22.7 Å². The minimum absolute atomic E-state index is 0.245. The molecule has 0 amide bonds. The standard InChI is InChI=1S/C5H9O2.2BrH.Zn/c1-4(2)5(6)7-3;;;/h4H,1H2,2-3H3;2*1H;/q;;;+2/p-2. The number of hydrogen-bond donors (Lipinski definition) is 0. The van der Waals surface area contributed by atoms with E-state index in [-0.39, 0.29) is 25.1 Å². The molecule has 0 fully saturated rings. The first-order chi connectivity index (χ1) is 4.59. The van der Waals surface area contributed by atoms with Gasteiger partial charge in [0.25, 0.3) is 0 Å². The van der Waals surface area contributed by atoms with E-state index in [4.69, 9.17) is 0 Å². The maximum absolute atomic E-state index is 10.2. The van der Waals surface area contributed by atoms with Crippen LogP contribution in [-0.2, 0) is 22.7 Å². The Kier molecular flexibility index (Phi) is 13.7. The Labute approximate surface area is 82.4 Å². The van der Waals surface area contributed by atoms with Gasteiger partial charge in [-0.25, -0.2) is 0 Å². The summed E-state index contributed by atoms with van der Waals surface area (Å²) < 4.78 is 4.31. The molecule has 0 heterocycles. The van der Waals surface area contributed by atoms with Gasteiger partial charge in [-0.2, -0.15) is 0 Å². The van der Waals surface area contributed by atoms with E-state index < -0.39 is 0 Å². The zero-order valence-corrected chi connectivity index (χ0v) is 12.2. The second-order valence-electron chi connectivity index (χ2n) is 1.53. The number of hydrogen-bond acceptors (Lipinski definition) is 2. The van der Waals surface area contributed by atoms with E-state index in [1.165, 1.54) is 7.11 Å². The molecule has 0 aromatic heterocycles. The second-order valence-corrected chi connectivity index (χ2v) is 15.6. The average molecular weight is 326 g/mol. The van der Waals surface area contributed by atoms with Crippen LogP contribution >= 0.6 is 27.2 Å². The van der Waals surface area contributed by atoms with Crippen molar-refractivity contribution in [1.29, 1.82) is 0 Å². The summed E-state index contributed by atoms with van der Waals surface area (Å²) in [7, 11) is 1.35. The summed E-state index contributed by atoms with van der Waals surface area (Å²) in [6.45, 7) is 5.12. The molecule has 0 N–H and O–H groups in total. The van der Waals surface area contributed by atoms with Gasteiger partial charge in [-0.15, -0.1) is 0 Å². The molecular formula is C5H9Br2O2Zn. The summed E-state index contributed by atoms with van der Waals surface area (Å²) in [5.74, 6) is -0.509. The maximum Gasteiger partial charge on any atom is 0.308 e. The molecule has 5 heteroatoms.